The molecule has 188 valence electrons. The van der Waals surface area contributed by atoms with Gasteiger partial charge >= 0.3 is 0 Å². The summed E-state index contributed by atoms with van der Waals surface area (Å²) in [7, 11) is 1.58. The summed E-state index contributed by atoms with van der Waals surface area (Å²) in [5.41, 5.74) is 8.80. The minimum Gasteiger partial charge on any atom is -0.508 e. The minimum atomic E-state index is -0.827. The Balaban J connectivity index is 1.47. The number of aromatic hydroxyl groups is 1. The number of benzene rings is 3. The molecule has 2 amide bonds. The highest BCUT2D eigenvalue weighted by Gasteiger charge is 2.26. The van der Waals surface area contributed by atoms with Crippen LogP contribution in [0.5, 0.6) is 11.5 Å². The number of hydrogen-bond donors (Lipinski definition) is 3. The fourth-order valence-electron chi connectivity index (χ4n) is 5.10. The maximum Gasteiger partial charge on any atom is 0.263 e. The first kappa shape index (κ1) is 24.1. The second-order valence-corrected chi connectivity index (χ2v) is 9.34. The van der Waals surface area contributed by atoms with Crippen LogP contribution in [0.2, 0.25) is 0 Å². The Labute approximate surface area is 213 Å². The Hall–Kier alpha value is -4.59. The zero-order valence-corrected chi connectivity index (χ0v) is 20.4. The van der Waals surface area contributed by atoms with Crippen LogP contribution in [-0.2, 0) is 30.6 Å². The SMILES string of the molecule is COc1ccc(CC(=O)Nc2cccc3c2cc(C(N)=O)c(=O)n3CC2Cc3cccc(O)c3C2)cc1. The predicted octanol–water partition coefficient (Wildman–Crippen LogP) is 3.41. The molecule has 1 aliphatic rings. The monoisotopic (exact) mass is 497 g/mol. The highest BCUT2D eigenvalue weighted by Crippen LogP contribution is 2.34. The van der Waals surface area contributed by atoms with E-state index in [1.54, 1.807) is 48.1 Å². The fourth-order valence-corrected chi connectivity index (χ4v) is 5.10. The summed E-state index contributed by atoms with van der Waals surface area (Å²) in [6.45, 7) is 0.341. The molecular formula is C29H27N3O5. The number of nitrogens with two attached hydrogens (primary N) is 1. The molecule has 8 heteroatoms. The van der Waals surface area contributed by atoms with Crippen LogP contribution < -0.4 is 21.3 Å². The molecule has 37 heavy (non-hydrogen) atoms. The van der Waals surface area contributed by atoms with Gasteiger partial charge in [-0.2, -0.15) is 0 Å². The first-order valence-electron chi connectivity index (χ1n) is 12.0. The number of ether oxygens (including phenoxy) is 1. The number of primary amides is 1. The van der Waals surface area contributed by atoms with Crippen molar-refractivity contribution in [1.82, 2.24) is 4.57 Å². The first-order valence-corrected chi connectivity index (χ1v) is 12.0. The summed E-state index contributed by atoms with van der Waals surface area (Å²) in [5, 5.41) is 13.7. The van der Waals surface area contributed by atoms with Crippen LogP contribution in [0.25, 0.3) is 10.9 Å². The van der Waals surface area contributed by atoms with Crippen molar-refractivity contribution >= 4 is 28.4 Å². The standard InChI is InChI=1S/C29H27N3O5/c1-37-20-10-8-17(9-11-20)14-27(34)31-24-5-3-6-25-22(24)15-23(28(30)35)29(36)32(25)16-18-12-19-4-2-7-26(33)21(19)13-18/h2-11,15,18,33H,12-14,16H2,1H3,(H2,30,35)(H,31,34). The molecule has 0 bridgehead atoms. The van der Waals surface area contributed by atoms with Crippen molar-refractivity contribution in [1.29, 1.82) is 0 Å². The van der Waals surface area contributed by atoms with E-state index in [0.29, 0.717) is 41.7 Å². The Kier molecular flexibility index (Phi) is 6.40. The van der Waals surface area contributed by atoms with Crippen LogP contribution in [0.15, 0.2) is 71.5 Å². The third-order valence-corrected chi connectivity index (χ3v) is 6.89. The Morgan fingerprint density at radius 3 is 2.54 bits per heavy atom. The van der Waals surface area contributed by atoms with Gasteiger partial charge < -0.3 is 25.5 Å². The van der Waals surface area contributed by atoms with Gasteiger partial charge in [0, 0.05) is 11.9 Å². The van der Waals surface area contributed by atoms with Gasteiger partial charge in [0.15, 0.2) is 0 Å². The second kappa shape index (κ2) is 9.81. The zero-order valence-electron chi connectivity index (χ0n) is 20.4. The lowest BCUT2D eigenvalue weighted by Crippen LogP contribution is -2.32. The lowest BCUT2D eigenvalue weighted by atomic mass is 10.0. The number of anilines is 1. The van der Waals surface area contributed by atoms with Crippen LogP contribution in [0.3, 0.4) is 0 Å². The normalized spacial score (nSPS) is 14.4. The number of methoxy groups -OCH3 is 1. The smallest absolute Gasteiger partial charge is 0.263 e. The van der Waals surface area contributed by atoms with Crippen LogP contribution in [-0.4, -0.2) is 28.6 Å². The summed E-state index contributed by atoms with van der Waals surface area (Å²) in [6.07, 6.45) is 1.47. The minimum absolute atomic E-state index is 0.0562. The molecule has 4 aromatic rings. The summed E-state index contributed by atoms with van der Waals surface area (Å²) in [5.74, 6) is -0.0496. The van der Waals surface area contributed by atoms with Gasteiger partial charge in [0.2, 0.25) is 5.91 Å². The van der Waals surface area contributed by atoms with Crippen molar-refractivity contribution in [3.63, 3.8) is 0 Å². The van der Waals surface area contributed by atoms with Crippen molar-refractivity contribution < 1.29 is 19.4 Å². The van der Waals surface area contributed by atoms with Crippen molar-refractivity contribution in [3.05, 3.63) is 99.3 Å². The van der Waals surface area contributed by atoms with Crippen molar-refractivity contribution in [2.45, 2.75) is 25.8 Å². The number of pyridine rings is 1. The van der Waals surface area contributed by atoms with Crippen LogP contribution in [0.4, 0.5) is 5.69 Å². The average Bonchev–Trinajstić information content (AvgIpc) is 3.30. The fraction of sp³-hybridized carbons (Fsp3) is 0.207. The second-order valence-electron chi connectivity index (χ2n) is 9.34. The lowest BCUT2D eigenvalue weighted by Gasteiger charge is -2.18. The number of carbonyl (C=O) groups excluding carboxylic acids is 2. The van der Waals surface area contributed by atoms with Crippen molar-refractivity contribution in [3.8, 4) is 11.5 Å². The van der Waals surface area contributed by atoms with E-state index in [1.165, 1.54) is 6.07 Å². The first-order chi connectivity index (χ1) is 17.8. The maximum absolute atomic E-state index is 13.3. The summed E-state index contributed by atoms with van der Waals surface area (Å²) >= 11 is 0. The molecule has 1 heterocycles. The van der Waals surface area contributed by atoms with Crippen LogP contribution >= 0.6 is 0 Å². The number of nitrogens with zero attached hydrogens (tertiary/aromatic N) is 1. The van der Waals surface area contributed by atoms with E-state index in [1.807, 2.05) is 24.3 Å². The van der Waals surface area contributed by atoms with E-state index < -0.39 is 11.5 Å². The number of phenols is 1. The van der Waals surface area contributed by atoms with Gasteiger partial charge in [0.1, 0.15) is 17.1 Å². The average molecular weight is 498 g/mol. The molecule has 8 nitrogen and oxygen atoms in total. The molecule has 5 rings (SSSR count). The molecule has 0 fully saturated rings. The molecule has 0 saturated heterocycles. The van der Waals surface area contributed by atoms with E-state index in [9.17, 15) is 19.5 Å². The van der Waals surface area contributed by atoms with E-state index in [4.69, 9.17) is 10.5 Å². The van der Waals surface area contributed by atoms with E-state index in [-0.39, 0.29) is 29.6 Å². The number of aromatic nitrogens is 1. The Morgan fingerprint density at radius 1 is 1.08 bits per heavy atom. The lowest BCUT2D eigenvalue weighted by molar-refractivity contribution is -0.115. The zero-order chi connectivity index (χ0) is 26.1. The van der Waals surface area contributed by atoms with Gasteiger partial charge in [-0.15, -0.1) is 0 Å². The van der Waals surface area contributed by atoms with Gasteiger partial charge in [-0.3, -0.25) is 14.4 Å². The van der Waals surface area contributed by atoms with Gasteiger partial charge in [0.25, 0.3) is 11.5 Å². The van der Waals surface area contributed by atoms with E-state index in [2.05, 4.69) is 5.32 Å². The number of amides is 2. The molecule has 1 unspecified atom stereocenters. The quantitative estimate of drug-likeness (QED) is 0.361. The molecule has 3 aromatic carbocycles. The molecular weight excluding hydrogens is 470 g/mol. The number of fused-ring (bicyclic) bond motifs is 2. The maximum atomic E-state index is 13.3. The number of carbonyl (C=O) groups is 2. The molecule has 0 radical (unpaired) electrons. The summed E-state index contributed by atoms with van der Waals surface area (Å²) in [4.78, 5) is 38.3. The van der Waals surface area contributed by atoms with Crippen molar-refractivity contribution in [2.24, 2.45) is 11.7 Å². The predicted molar refractivity (Wildman–Crippen MR) is 141 cm³/mol. The molecule has 1 aliphatic carbocycles. The largest absolute Gasteiger partial charge is 0.508 e. The van der Waals surface area contributed by atoms with Gasteiger partial charge in [-0.25, -0.2) is 0 Å². The molecule has 1 aromatic heterocycles. The topological polar surface area (TPSA) is 124 Å². The molecule has 0 saturated carbocycles. The highest BCUT2D eigenvalue weighted by molar-refractivity contribution is 6.04. The van der Waals surface area contributed by atoms with Crippen LogP contribution in [0, 0.1) is 5.92 Å². The molecule has 4 N–H and O–H groups in total. The number of phenolic OH excluding ortho intramolecular Hbond substituents is 1. The third kappa shape index (κ3) is 4.78. The highest BCUT2D eigenvalue weighted by atomic mass is 16.5. The molecule has 1 atom stereocenters. The third-order valence-electron chi connectivity index (χ3n) is 6.89. The number of hydrogen-bond acceptors (Lipinski definition) is 5. The Morgan fingerprint density at radius 2 is 1.84 bits per heavy atom. The molecule has 0 spiro atoms. The van der Waals surface area contributed by atoms with Gasteiger partial charge in [-0.1, -0.05) is 30.3 Å². The molecule has 0 aliphatic heterocycles. The Bertz CT molecular complexity index is 1570. The number of nitrogens with one attached hydrogen (secondary N) is 1. The van der Waals surface area contributed by atoms with Gasteiger partial charge in [-0.05, 0) is 71.8 Å². The van der Waals surface area contributed by atoms with E-state index in [0.717, 1.165) is 16.7 Å². The van der Waals surface area contributed by atoms with Gasteiger partial charge in [0.05, 0.1) is 24.7 Å². The van der Waals surface area contributed by atoms with E-state index >= 15 is 0 Å². The number of rotatable bonds is 7. The summed E-state index contributed by atoms with van der Waals surface area (Å²) in [6, 6.07) is 19.4. The van der Waals surface area contributed by atoms with Crippen molar-refractivity contribution in [2.75, 3.05) is 12.4 Å². The summed E-state index contributed by atoms with van der Waals surface area (Å²) < 4.78 is 6.72. The van der Waals surface area contributed by atoms with Crippen LogP contribution in [0.1, 0.15) is 27.0 Å².